The Morgan fingerprint density at radius 3 is 2.67 bits per heavy atom. The fourth-order valence-electron chi connectivity index (χ4n) is 2.98. The molecule has 1 aliphatic carbocycles. The lowest BCUT2D eigenvalue weighted by Crippen LogP contribution is -2.43. The number of nitrogens with zero attached hydrogens (tertiary/aromatic N) is 2. The molecule has 0 radical (unpaired) electrons. The summed E-state index contributed by atoms with van der Waals surface area (Å²) in [6, 6.07) is -0.160. The van der Waals surface area contributed by atoms with Crippen LogP contribution in [0.25, 0.3) is 0 Å². The summed E-state index contributed by atoms with van der Waals surface area (Å²) in [5, 5.41) is 7.18. The summed E-state index contributed by atoms with van der Waals surface area (Å²) in [5.74, 6) is -0.648. The molecule has 1 heterocycles. The third kappa shape index (κ3) is 3.62. The zero-order valence-corrected chi connectivity index (χ0v) is 12.9. The van der Waals surface area contributed by atoms with Gasteiger partial charge in [-0.3, -0.25) is 14.3 Å². The molecule has 2 rings (SSSR count). The molecule has 6 heteroatoms. The van der Waals surface area contributed by atoms with Crippen molar-refractivity contribution in [1.82, 2.24) is 15.1 Å². The average Bonchev–Trinajstić information content (AvgIpc) is 2.65. The molecule has 1 fully saturated rings. The first-order valence-electron chi connectivity index (χ1n) is 7.42. The van der Waals surface area contributed by atoms with Crippen molar-refractivity contribution in [3.63, 3.8) is 0 Å². The van der Waals surface area contributed by atoms with Gasteiger partial charge in [0.1, 0.15) is 0 Å². The number of amides is 1. The molecule has 1 N–H and O–H groups in total. The molecule has 6 nitrogen and oxygen atoms in total. The van der Waals surface area contributed by atoms with Gasteiger partial charge in [-0.1, -0.05) is 19.3 Å². The van der Waals surface area contributed by atoms with E-state index in [4.69, 9.17) is 4.74 Å². The van der Waals surface area contributed by atoms with Gasteiger partial charge >= 0.3 is 5.97 Å². The van der Waals surface area contributed by atoms with Gasteiger partial charge in [0.25, 0.3) is 5.91 Å². The Morgan fingerprint density at radius 2 is 2.05 bits per heavy atom. The second-order valence-corrected chi connectivity index (χ2v) is 5.65. The van der Waals surface area contributed by atoms with Crippen LogP contribution in [0.3, 0.4) is 0 Å². The van der Waals surface area contributed by atoms with Crippen molar-refractivity contribution in [2.45, 2.75) is 45.1 Å². The Hall–Kier alpha value is -1.85. The van der Waals surface area contributed by atoms with Gasteiger partial charge in [-0.15, -0.1) is 0 Å². The predicted molar refractivity (Wildman–Crippen MR) is 77.8 cm³/mol. The van der Waals surface area contributed by atoms with E-state index >= 15 is 0 Å². The summed E-state index contributed by atoms with van der Waals surface area (Å²) in [4.78, 5) is 24.3. The Kier molecular flexibility index (Phi) is 4.98. The van der Waals surface area contributed by atoms with Crippen molar-refractivity contribution in [3.8, 4) is 0 Å². The number of methoxy groups -OCH3 is 1. The molecule has 2 atom stereocenters. The van der Waals surface area contributed by atoms with Crippen molar-refractivity contribution in [2.24, 2.45) is 13.0 Å². The van der Waals surface area contributed by atoms with Crippen LogP contribution < -0.4 is 5.32 Å². The van der Waals surface area contributed by atoms with Gasteiger partial charge in [-0.05, 0) is 19.8 Å². The van der Waals surface area contributed by atoms with Crippen LogP contribution in [0.2, 0.25) is 0 Å². The minimum absolute atomic E-state index is 0.160. The number of carbonyl (C=O) groups excluding carboxylic acids is 2. The number of aromatic nitrogens is 2. The predicted octanol–water partition coefficient (Wildman–Crippen LogP) is 1.58. The summed E-state index contributed by atoms with van der Waals surface area (Å²) in [5.41, 5.74) is 1.25. The van der Waals surface area contributed by atoms with Crippen molar-refractivity contribution in [2.75, 3.05) is 7.11 Å². The minimum Gasteiger partial charge on any atom is -0.469 e. The molecule has 0 aliphatic heterocycles. The van der Waals surface area contributed by atoms with E-state index < -0.39 is 0 Å². The van der Waals surface area contributed by atoms with Crippen LogP contribution in [0.4, 0.5) is 0 Å². The first-order chi connectivity index (χ1) is 10.0. The molecule has 2 unspecified atom stereocenters. The van der Waals surface area contributed by atoms with E-state index in [-0.39, 0.29) is 23.8 Å². The van der Waals surface area contributed by atoms with Crippen LogP contribution in [-0.4, -0.2) is 34.8 Å². The number of hydrogen-bond acceptors (Lipinski definition) is 4. The van der Waals surface area contributed by atoms with E-state index in [1.54, 1.807) is 24.9 Å². The van der Waals surface area contributed by atoms with E-state index in [0.717, 1.165) is 32.1 Å². The second kappa shape index (κ2) is 6.74. The van der Waals surface area contributed by atoms with Gasteiger partial charge in [-0.2, -0.15) is 5.10 Å². The molecule has 21 heavy (non-hydrogen) atoms. The van der Waals surface area contributed by atoms with Crippen molar-refractivity contribution in [3.05, 3.63) is 17.5 Å². The van der Waals surface area contributed by atoms with Gasteiger partial charge in [-0.25, -0.2) is 0 Å². The van der Waals surface area contributed by atoms with E-state index in [0.29, 0.717) is 11.3 Å². The fraction of sp³-hybridized carbons (Fsp3) is 0.667. The lowest BCUT2D eigenvalue weighted by molar-refractivity contribution is -0.146. The standard InChI is InChI=1S/C15H23N3O3/c1-10-12(9-18(2)17-10)14(19)16-13-8-6-4-5-7-11(13)15(20)21-3/h9,11,13H,4-8H2,1-3H3,(H,16,19). The second-order valence-electron chi connectivity index (χ2n) is 5.65. The number of rotatable bonds is 3. The van der Waals surface area contributed by atoms with Gasteiger partial charge in [0, 0.05) is 19.3 Å². The molecule has 0 aromatic carbocycles. The maximum Gasteiger partial charge on any atom is 0.310 e. The molecule has 1 aromatic heterocycles. The van der Waals surface area contributed by atoms with Crippen LogP contribution in [0, 0.1) is 12.8 Å². The number of esters is 1. The summed E-state index contributed by atoms with van der Waals surface area (Å²) in [6.45, 7) is 1.81. The summed E-state index contributed by atoms with van der Waals surface area (Å²) >= 11 is 0. The molecule has 1 saturated carbocycles. The van der Waals surface area contributed by atoms with E-state index in [9.17, 15) is 9.59 Å². The van der Waals surface area contributed by atoms with E-state index in [1.165, 1.54) is 7.11 Å². The monoisotopic (exact) mass is 293 g/mol. The molecule has 0 saturated heterocycles. The van der Waals surface area contributed by atoms with Crippen LogP contribution >= 0.6 is 0 Å². The number of carbonyl (C=O) groups is 2. The molecule has 116 valence electrons. The fourth-order valence-corrected chi connectivity index (χ4v) is 2.98. The maximum absolute atomic E-state index is 12.4. The summed E-state index contributed by atoms with van der Waals surface area (Å²) < 4.78 is 6.50. The van der Waals surface area contributed by atoms with Crippen molar-refractivity contribution in [1.29, 1.82) is 0 Å². The third-order valence-electron chi connectivity index (χ3n) is 4.09. The van der Waals surface area contributed by atoms with Crippen LogP contribution in [0.1, 0.15) is 48.2 Å². The van der Waals surface area contributed by atoms with Gasteiger partial charge < -0.3 is 10.1 Å². The largest absolute Gasteiger partial charge is 0.469 e. The maximum atomic E-state index is 12.4. The lowest BCUT2D eigenvalue weighted by Gasteiger charge is -2.24. The molecule has 0 spiro atoms. The zero-order valence-electron chi connectivity index (χ0n) is 12.9. The molecule has 1 amide bonds. The van der Waals surface area contributed by atoms with E-state index in [1.807, 2.05) is 0 Å². The zero-order chi connectivity index (χ0) is 15.4. The lowest BCUT2D eigenvalue weighted by atomic mass is 9.94. The molecule has 0 bridgehead atoms. The van der Waals surface area contributed by atoms with E-state index in [2.05, 4.69) is 10.4 Å². The number of ether oxygens (including phenoxy) is 1. The van der Waals surface area contributed by atoms with Crippen LogP contribution in [-0.2, 0) is 16.6 Å². The normalized spacial score (nSPS) is 22.4. The van der Waals surface area contributed by atoms with Crippen LogP contribution in [0.5, 0.6) is 0 Å². The first-order valence-corrected chi connectivity index (χ1v) is 7.42. The van der Waals surface area contributed by atoms with Gasteiger partial charge in [0.15, 0.2) is 0 Å². The smallest absolute Gasteiger partial charge is 0.310 e. The highest BCUT2D eigenvalue weighted by atomic mass is 16.5. The number of nitrogens with one attached hydrogen (secondary N) is 1. The highest BCUT2D eigenvalue weighted by Gasteiger charge is 2.32. The molecular weight excluding hydrogens is 270 g/mol. The topological polar surface area (TPSA) is 73.2 Å². The molecular formula is C15H23N3O3. The van der Waals surface area contributed by atoms with Gasteiger partial charge in [0.05, 0.1) is 24.3 Å². The SMILES string of the molecule is COC(=O)C1CCCCCC1NC(=O)c1cn(C)nc1C. The summed E-state index contributed by atoms with van der Waals surface area (Å²) in [7, 11) is 3.18. The Balaban J connectivity index is 2.12. The number of aryl methyl sites for hydroxylation is 2. The van der Waals surface area contributed by atoms with Crippen LogP contribution in [0.15, 0.2) is 6.20 Å². The van der Waals surface area contributed by atoms with Crippen molar-refractivity contribution >= 4 is 11.9 Å². The third-order valence-corrected chi connectivity index (χ3v) is 4.09. The highest BCUT2D eigenvalue weighted by molar-refractivity contribution is 5.95. The highest BCUT2D eigenvalue weighted by Crippen LogP contribution is 2.25. The number of hydrogen-bond donors (Lipinski definition) is 1. The Bertz CT molecular complexity index is 524. The summed E-state index contributed by atoms with van der Waals surface area (Å²) in [6.07, 6.45) is 6.39. The quantitative estimate of drug-likeness (QED) is 0.678. The average molecular weight is 293 g/mol. The first kappa shape index (κ1) is 15.5. The Morgan fingerprint density at radius 1 is 1.33 bits per heavy atom. The van der Waals surface area contributed by atoms with Gasteiger partial charge in [0.2, 0.25) is 0 Å². The molecule has 1 aliphatic rings. The minimum atomic E-state index is -0.251. The Labute approximate surface area is 124 Å². The van der Waals surface area contributed by atoms with Crippen molar-refractivity contribution < 1.29 is 14.3 Å². The molecule has 1 aromatic rings.